The van der Waals surface area contributed by atoms with Crippen molar-refractivity contribution >= 4 is 18.3 Å². The summed E-state index contributed by atoms with van der Waals surface area (Å²) in [6.07, 6.45) is -0.328. The molecule has 0 fully saturated rings. The first-order chi connectivity index (χ1) is 18.1. The molecule has 0 saturated heterocycles. The largest absolute Gasteiger partial charge is 0.497 e. The number of hydrogen-bond donors (Lipinski definition) is 1. The van der Waals surface area contributed by atoms with Crippen molar-refractivity contribution in [1.82, 2.24) is 9.62 Å². The van der Waals surface area contributed by atoms with Crippen LogP contribution in [-0.4, -0.2) is 67.0 Å². The highest BCUT2D eigenvalue weighted by molar-refractivity contribution is 7.89. The molecule has 0 aromatic heterocycles. The van der Waals surface area contributed by atoms with Gasteiger partial charge in [-0.25, -0.2) is 12.8 Å². The molecular formula is C29H47FN2O5SSi. The average molecular weight is 583 g/mol. The monoisotopic (exact) mass is 582 g/mol. The van der Waals surface area contributed by atoms with E-state index in [0.29, 0.717) is 19.8 Å². The van der Waals surface area contributed by atoms with Crippen LogP contribution in [0.15, 0.2) is 53.4 Å². The molecule has 0 amide bonds. The van der Waals surface area contributed by atoms with E-state index in [0.717, 1.165) is 23.4 Å². The fraction of sp³-hybridized carbons (Fsp3) is 0.586. The zero-order valence-corrected chi connectivity index (χ0v) is 26.8. The second-order valence-corrected chi connectivity index (χ2v) is 18.6. The average Bonchev–Trinajstić information content (AvgIpc) is 2.86. The Morgan fingerprint density at radius 1 is 1.03 bits per heavy atom. The van der Waals surface area contributed by atoms with Crippen LogP contribution in [0.3, 0.4) is 0 Å². The predicted octanol–water partition coefficient (Wildman–Crippen LogP) is 5.68. The number of sulfonamides is 1. The minimum atomic E-state index is -3.80. The molecule has 0 aliphatic heterocycles. The summed E-state index contributed by atoms with van der Waals surface area (Å²) >= 11 is 0. The Balaban J connectivity index is 2.04. The van der Waals surface area contributed by atoms with Gasteiger partial charge in [0.2, 0.25) is 10.0 Å². The normalized spacial score (nSPS) is 15.3. The Labute approximate surface area is 236 Å². The van der Waals surface area contributed by atoms with E-state index >= 15 is 0 Å². The van der Waals surface area contributed by atoms with Gasteiger partial charge in [0.15, 0.2) is 8.32 Å². The summed E-state index contributed by atoms with van der Waals surface area (Å²) in [5, 5.41) is 3.49. The molecule has 39 heavy (non-hydrogen) atoms. The van der Waals surface area contributed by atoms with Crippen molar-refractivity contribution in [3.05, 3.63) is 59.9 Å². The van der Waals surface area contributed by atoms with Crippen LogP contribution < -0.4 is 10.1 Å². The molecule has 0 radical (unpaired) electrons. The van der Waals surface area contributed by atoms with Crippen molar-refractivity contribution in [2.75, 3.05) is 33.9 Å². The van der Waals surface area contributed by atoms with Gasteiger partial charge in [0, 0.05) is 26.2 Å². The SMILES string of the molecule is COc1ccc(COCC(C)NC[C@@H](C)[C@H](CN(C)S(=O)(=O)c2ccc(F)cc2)O[Si](C)(C)C(C)(C)C)cc1. The van der Waals surface area contributed by atoms with Crippen LogP contribution in [0.1, 0.15) is 40.2 Å². The molecule has 2 aromatic rings. The number of likely N-dealkylation sites (N-methyl/N-ethyl adjacent to an activating group) is 1. The predicted molar refractivity (Wildman–Crippen MR) is 158 cm³/mol. The van der Waals surface area contributed by atoms with E-state index < -0.39 is 24.2 Å². The molecule has 0 spiro atoms. The Bertz CT molecular complexity index is 1120. The van der Waals surface area contributed by atoms with Crippen molar-refractivity contribution in [3.8, 4) is 5.75 Å². The zero-order valence-electron chi connectivity index (χ0n) is 25.0. The lowest BCUT2D eigenvalue weighted by molar-refractivity contribution is 0.0878. The Morgan fingerprint density at radius 2 is 1.62 bits per heavy atom. The zero-order chi connectivity index (χ0) is 29.4. The molecule has 0 saturated carbocycles. The summed E-state index contributed by atoms with van der Waals surface area (Å²) in [6.45, 7) is 16.9. The highest BCUT2D eigenvalue weighted by atomic mass is 32.2. The molecule has 220 valence electrons. The molecule has 0 bridgehead atoms. The van der Waals surface area contributed by atoms with E-state index in [2.05, 4.69) is 53.0 Å². The number of nitrogens with zero attached hydrogens (tertiary/aromatic N) is 1. The van der Waals surface area contributed by atoms with E-state index in [1.165, 1.54) is 16.4 Å². The molecule has 0 heterocycles. The van der Waals surface area contributed by atoms with Crippen LogP contribution in [0.25, 0.3) is 0 Å². The molecule has 10 heteroatoms. The van der Waals surface area contributed by atoms with Crippen LogP contribution in [0.2, 0.25) is 18.1 Å². The van der Waals surface area contributed by atoms with Gasteiger partial charge in [-0.1, -0.05) is 39.8 Å². The summed E-state index contributed by atoms with van der Waals surface area (Å²) in [5.74, 6) is 0.361. The molecule has 0 aliphatic rings. The lowest BCUT2D eigenvalue weighted by Crippen LogP contribution is -2.51. The first kappa shape index (κ1) is 33.4. The maximum absolute atomic E-state index is 13.4. The van der Waals surface area contributed by atoms with Crippen molar-refractivity contribution in [3.63, 3.8) is 0 Å². The molecular weight excluding hydrogens is 535 g/mol. The number of halogens is 1. The number of benzene rings is 2. The van der Waals surface area contributed by atoms with E-state index in [-0.39, 0.29) is 34.5 Å². The maximum Gasteiger partial charge on any atom is 0.242 e. The standard InChI is InChI=1S/C29H47FN2O5SSi/c1-22(18-31-23(2)20-36-21-24-10-14-26(35-7)15-11-24)28(37-39(8,9)29(3,4)5)19-32(6)38(33,34)27-16-12-25(30)13-17-27/h10-17,22-23,28,31H,18-21H2,1-9H3/t22-,23?,28+/m1/s1. The maximum atomic E-state index is 13.4. The van der Waals surface area contributed by atoms with Gasteiger partial charge in [0.25, 0.3) is 0 Å². The van der Waals surface area contributed by atoms with E-state index in [1.54, 1.807) is 14.2 Å². The molecule has 1 unspecified atom stereocenters. The highest BCUT2D eigenvalue weighted by Gasteiger charge is 2.41. The summed E-state index contributed by atoms with van der Waals surface area (Å²) < 4.78 is 59.0. The summed E-state index contributed by atoms with van der Waals surface area (Å²) in [5.41, 5.74) is 1.07. The number of nitrogens with one attached hydrogen (secondary N) is 1. The summed E-state index contributed by atoms with van der Waals surface area (Å²) in [6, 6.07) is 12.8. The van der Waals surface area contributed by atoms with Crippen LogP contribution >= 0.6 is 0 Å². The van der Waals surface area contributed by atoms with E-state index in [4.69, 9.17) is 13.9 Å². The van der Waals surface area contributed by atoms with Crippen LogP contribution in [0.4, 0.5) is 4.39 Å². The van der Waals surface area contributed by atoms with Gasteiger partial charge in [0.05, 0.1) is 31.3 Å². The molecule has 1 N–H and O–H groups in total. The van der Waals surface area contributed by atoms with Gasteiger partial charge in [-0.3, -0.25) is 0 Å². The second-order valence-electron chi connectivity index (χ2n) is 11.8. The quantitative estimate of drug-likeness (QED) is 0.273. The van der Waals surface area contributed by atoms with Gasteiger partial charge in [-0.05, 0) is 72.9 Å². The summed E-state index contributed by atoms with van der Waals surface area (Å²) in [7, 11) is -2.80. The van der Waals surface area contributed by atoms with Crippen molar-refractivity contribution < 1.29 is 26.7 Å². The number of hydrogen-bond acceptors (Lipinski definition) is 6. The van der Waals surface area contributed by atoms with Crippen LogP contribution in [0, 0.1) is 11.7 Å². The van der Waals surface area contributed by atoms with E-state index in [9.17, 15) is 12.8 Å². The first-order valence-electron chi connectivity index (χ1n) is 13.4. The Morgan fingerprint density at radius 3 is 2.15 bits per heavy atom. The minimum Gasteiger partial charge on any atom is -0.497 e. The lowest BCUT2D eigenvalue weighted by atomic mass is 10.0. The number of methoxy groups -OCH3 is 1. The second kappa shape index (κ2) is 14.2. The third-order valence-electron chi connectivity index (χ3n) is 7.43. The first-order valence-corrected chi connectivity index (χ1v) is 17.8. The van der Waals surface area contributed by atoms with Gasteiger partial charge in [-0.15, -0.1) is 0 Å². The minimum absolute atomic E-state index is 0.0223. The van der Waals surface area contributed by atoms with Crippen molar-refractivity contribution in [2.45, 2.75) is 76.4 Å². The van der Waals surface area contributed by atoms with Gasteiger partial charge in [0.1, 0.15) is 11.6 Å². The highest BCUT2D eigenvalue weighted by Crippen LogP contribution is 2.38. The Kier molecular flexibility index (Phi) is 12.1. The Hall–Kier alpha value is -1.82. The van der Waals surface area contributed by atoms with Crippen molar-refractivity contribution in [2.24, 2.45) is 5.92 Å². The fourth-order valence-corrected chi connectivity index (χ4v) is 6.28. The van der Waals surface area contributed by atoms with Gasteiger partial charge >= 0.3 is 0 Å². The van der Waals surface area contributed by atoms with Crippen LogP contribution in [0.5, 0.6) is 5.75 Å². The summed E-state index contributed by atoms with van der Waals surface area (Å²) in [4.78, 5) is 0.0610. The smallest absolute Gasteiger partial charge is 0.242 e. The van der Waals surface area contributed by atoms with Crippen LogP contribution in [-0.2, 0) is 25.8 Å². The van der Waals surface area contributed by atoms with Gasteiger partial charge < -0.3 is 19.2 Å². The molecule has 2 aromatic carbocycles. The molecule has 2 rings (SSSR count). The molecule has 3 atom stereocenters. The third-order valence-corrected chi connectivity index (χ3v) is 13.8. The topological polar surface area (TPSA) is 77.1 Å². The molecule has 7 nitrogen and oxygen atoms in total. The van der Waals surface area contributed by atoms with Crippen molar-refractivity contribution in [1.29, 1.82) is 0 Å². The molecule has 0 aliphatic carbocycles. The number of rotatable bonds is 15. The van der Waals surface area contributed by atoms with E-state index in [1.807, 2.05) is 24.3 Å². The third kappa shape index (κ3) is 9.95. The fourth-order valence-electron chi connectivity index (χ4n) is 3.68. The number of ether oxygens (including phenoxy) is 2. The lowest BCUT2D eigenvalue weighted by Gasteiger charge is -2.42. The van der Waals surface area contributed by atoms with Gasteiger partial charge in [-0.2, -0.15) is 4.31 Å².